The van der Waals surface area contributed by atoms with Crippen LogP contribution >= 0.6 is 0 Å². The molecule has 2 rings (SSSR count). The van der Waals surface area contributed by atoms with Crippen molar-refractivity contribution in [1.29, 1.82) is 0 Å². The first-order chi connectivity index (χ1) is 4.88. The predicted octanol–water partition coefficient (Wildman–Crippen LogP) is -0.278. The second kappa shape index (κ2) is 1.76. The molecule has 0 saturated carbocycles. The van der Waals surface area contributed by atoms with Gasteiger partial charge < -0.3 is 5.73 Å². The summed E-state index contributed by atoms with van der Waals surface area (Å²) < 4.78 is 0. The van der Waals surface area contributed by atoms with Crippen molar-refractivity contribution in [3.63, 3.8) is 0 Å². The van der Waals surface area contributed by atoms with E-state index in [1.54, 1.807) is 6.20 Å². The molecule has 4 nitrogen and oxygen atoms in total. The smallest absolute Gasteiger partial charge is 0.149 e. The molecule has 2 aliphatic rings. The fourth-order valence-corrected chi connectivity index (χ4v) is 0.944. The van der Waals surface area contributed by atoms with Crippen LogP contribution in [0.4, 0.5) is 0 Å². The van der Waals surface area contributed by atoms with Crippen molar-refractivity contribution >= 4 is 17.9 Å². The van der Waals surface area contributed by atoms with Crippen LogP contribution in [0.1, 0.15) is 0 Å². The first-order valence-corrected chi connectivity index (χ1v) is 2.97. The third-order valence-electron chi connectivity index (χ3n) is 1.45. The van der Waals surface area contributed by atoms with E-state index >= 15 is 0 Å². The number of fused-ring (bicyclic) bond motifs is 1. The highest BCUT2D eigenvalue weighted by molar-refractivity contribution is 6.45. The first-order valence-electron chi connectivity index (χ1n) is 2.97. The molecule has 0 saturated heterocycles. The molecule has 0 amide bonds. The average molecular weight is 134 g/mol. The standard InChI is InChI=1S/C6H6N4/c7-6-5-4(1-2-8-5)9-3-10-6/h1-4H,(H2,7,9,10). The molecule has 2 aliphatic heterocycles. The Labute approximate surface area is 57.9 Å². The molecule has 0 aromatic rings. The van der Waals surface area contributed by atoms with E-state index in [1.165, 1.54) is 6.34 Å². The lowest BCUT2D eigenvalue weighted by atomic mass is 10.2. The lowest BCUT2D eigenvalue weighted by molar-refractivity contribution is 1.10. The summed E-state index contributed by atoms with van der Waals surface area (Å²) in [5.74, 6) is 0.477. The largest absolute Gasteiger partial charge is 0.382 e. The normalized spacial score (nSPS) is 27.8. The van der Waals surface area contributed by atoms with E-state index in [2.05, 4.69) is 15.0 Å². The van der Waals surface area contributed by atoms with E-state index in [4.69, 9.17) is 5.73 Å². The van der Waals surface area contributed by atoms with Gasteiger partial charge in [-0.05, 0) is 6.08 Å². The summed E-state index contributed by atoms with van der Waals surface area (Å²) >= 11 is 0. The minimum atomic E-state index is 0.0255. The van der Waals surface area contributed by atoms with Crippen LogP contribution in [0.2, 0.25) is 0 Å². The Kier molecular flexibility index (Phi) is 0.943. The van der Waals surface area contributed by atoms with Crippen molar-refractivity contribution in [2.75, 3.05) is 0 Å². The summed E-state index contributed by atoms with van der Waals surface area (Å²) in [6.07, 6.45) is 5.05. The summed E-state index contributed by atoms with van der Waals surface area (Å²) in [5, 5.41) is 0. The second-order valence-corrected chi connectivity index (χ2v) is 2.08. The molecule has 50 valence electrons. The number of nitrogens with two attached hydrogens (primary N) is 1. The molecule has 0 aliphatic carbocycles. The van der Waals surface area contributed by atoms with Gasteiger partial charge in [-0.15, -0.1) is 0 Å². The monoisotopic (exact) mass is 134 g/mol. The number of amidine groups is 1. The van der Waals surface area contributed by atoms with Gasteiger partial charge in [0.15, 0.2) is 0 Å². The van der Waals surface area contributed by atoms with Gasteiger partial charge in [-0.25, -0.2) is 4.99 Å². The molecule has 0 aromatic heterocycles. The van der Waals surface area contributed by atoms with Crippen LogP contribution in [0.15, 0.2) is 27.3 Å². The van der Waals surface area contributed by atoms with Gasteiger partial charge in [-0.3, -0.25) is 9.98 Å². The Morgan fingerprint density at radius 2 is 2.30 bits per heavy atom. The van der Waals surface area contributed by atoms with Crippen LogP contribution < -0.4 is 5.73 Å². The molecule has 1 unspecified atom stereocenters. The molecular weight excluding hydrogens is 128 g/mol. The topological polar surface area (TPSA) is 63.1 Å². The van der Waals surface area contributed by atoms with Crippen molar-refractivity contribution in [2.24, 2.45) is 20.7 Å². The molecule has 2 heterocycles. The highest BCUT2D eigenvalue weighted by Crippen LogP contribution is 2.08. The fraction of sp³-hybridized carbons (Fsp3) is 0.167. The zero-order chi connectivity index (χ0) is 6.97. The number of rotatable bonds is 0. The Bertz CT molecular complexity index is 271. The lowest BCUT2D eigenvalue weighted by Crippen LogP contribution is -2.33. The maximum absolute atomic E-state index is 5.51. The SMILES string of the molecule is NC1=NC=NC2C=CN=C12. The van der Waals surface area contributed by atoms with Gasteiger partial charge in [0.1, 0.15) is 23.9 Å². The number of hydrogen-bond acceptors (Lipinski definition) is 4. The molecule has 10 heavy (non-hydrogen) atoms. The molecule has 0 aromatic carbocycles. The minimum absolute atomic E-state index is 0.0255. The van der Waals surface area contributed by atoms with Crippen molar-refractivity contribution in [2.45, 2.75) is 6.04 Å². The highest BCUT2D eigenvalue weighted by Gasteiger charge is 2.20. The van der Waals surface area contributed by atoms with Crippen LogP contribution in [0.25, 0.3) is 0 Å². The van der Waals surface area contributed by atoms with Crippen LogP contribution in [-0.2, 0) is 0 Å². The Balaban J connectivity index is 2.44. The summed E-state index contributed by atoms with van der Waals surface area (Å²) in [7, 11) is 0. The summed E-state index contributed by atoms with van der Waals surface area (Å²) in [5.41, 5.74) is 6.27. The van der Waals surface area contributed by atoms with E-state index < -0.39 is 0 Å². The molecule has 2 N–H and O–H groups in total. The minimum Gasteiger partial charge on any atom is -0.382 e. The summed E-state index contributed by atoms with van der Waals surface area (Å²) in [6.45, 7) is 0. The lowest BCUT2D eigenvalue weighted by Gasteiger charge is -2.08. The predicted molar refractivity (Wildman–Crippen MR) is 40.5 cm³/mol. The third kappa shape index (κ3) is 0.586. The summed E-state index contributed by atoms with van der Waals surface area (Å²) in [6, 6.07) is 0.0255. The molecule has 0 radical (unpaired) electrons. The fourth-order valence-electron chi connectivity index (χ4n) is 0.944. The molecule has 0 bridgehead atoms. The van der Waals surface area contributed by atoms with Crippen LogP contribution in [0, 0.1) is 0 Å². The van der Waals surface area contributed by atoms with E-state index in [9.17, 15) is 0 Å². The van der Waals surface area contributed by atoms with Crippen LogP contribution in [0.5, 0.6) is 0 Å². The molecular formula is C6H6N4. The third-order valence-corrected chi connectivity index (χ3v) is 1.45. The van der Waals surface area contributed by atoms with E-state index in [1.807, 2.05) is 6.08 Å². The van der Waals surface area contributed by atoms with Crippen LogP contribution in [0.3, 0.4) is 0 Å². The van der Waals surface area contributed by atoms with Gasteiger partial charge in [0, 0.05) is 6.20 Å². The summed E-state index contributed by atoms with van der Waals surface area (Å²) in [4.78, 5) is 11.8. The van der Waals surface area contributed by atoms with Crippen LogP contribution in [-0.4, -0.2) is 23.9 Å². The number of hydrogen-bond donors (Lipinski definition) is 1. The van der Waals surface area contributed by atoms with Crippen molar-refractivity contribution in [1.82, 2.24) is 0 Å². The first kappa shape index (κ1) is 5.34. The zero-order valence-corrected chi connectivity index (χ0v) is 5.23. The van der Waals surface area contributed by atoms with Gasteiger partial charge in [0.2, 0.25) is 0 Å². The number of nitrogens with zero attached hydrogens (tertiary/aromatic N) is 3. The molecule has 1 atom stereocenters. The molecule has 4 heteroatoms. The second-order valence-electron chi connectivity index (χ2n) is 2.08. The van der Waals surface area contributed by atoms with Crippen molar-refractivity contribution < 1.29 is 0 Å². The zero-order valence-electron chi connectivity index (χ0n) is 5.23. The van der Waals surface area contributed by atoms with Gasteiger partial charge in [0.05, 0.1) is 0 Å². The van der Waals surface area contributed by atoms with Gasteiger partial charge in [-0.1, -0.05) is 0 Å². The average Bonchev–Trinajstić information content (AvgIpc) is 2.36. The van der Waals surface area contributed by atoms with Crippen molar-refractivity contribution in [3.05, 3.63) is 12.3 Å². The van der Waals surface area contributed by atoms with Gasteiger partial charge >= 0.3 is 0 Å². The Hall–Kier alpha value is -1.45. The maximum Gasteiger partial charge on any atom is 0.149 e. The number of aliphatic imine (C=N–C) groups is 3. The highest BCUT2D eigenvalue weighted by atomic mass is 15.0. The van der Waals surface area contributed by atoms with Crippen molar-refractivity contribution in [3.8, 4) is 0 Å². The molecule has 0 spiro atoms. The van der Waals surface area contributed by atoms with E-state index in [0.717, 1.165) is 5.71 Å². The van der Waals surface area contributed by atoms with Gasteiger partial charge in [0.25, 0.3) is 0 Å². The maximum atomic E-state index is 5.51. The van der Waals surface area contributed by atoms with E-state index in [0.29, 0.717) is 5.84 Å². The Morgan fingerprint density at radius 1 is 1.40 bits per heavy atom. The Morgan fingerprint density at radius 3 is 3.10 bits per heavy atom. The molecule has 0 fully saturated rings. The van der Waals surface area contributed by atoms with E-state index in [-0.39, 0.29) is 6.04 Å². The van der Waals surface area contributed by atoms with Gasteiger partial charge in [-0.2, -0.15) is 0 Å². The quantitative estimate of drug-likeness (QED) is 0.486.